The molecule has 0 atom stereocenters. The Hall–Kier alpha value is -1.62. The molecule has 0 bridgehead atoms. The zero-order valence-corrected chi connectivity index (χ0v) is 10.1. The highest BCUT2D eigenvalue weighted by molar-refractivity contribution is 9.10. The first-order chi connectivity index (χ1) is 7.75. The molecule has 0 N–H and O–H groups in total. The predicted octanol–water partition coefficient (Wildman–Crippen LogP) is 3.06. The van der Waals surface area contributed by atoms with E-state index < -0.39 is 0 Å². The van der Waals surface area contributed by atoms with Gasteiger partial charge in [0.15, 0.2) is 11.4 Å². The summed E-state index contributed by atoms with van der Waals surface area (Å²) in [5.74, 6) is 2.30. The molecule has 0 saturated heterocycles. The summed E-state index contributed by atoms with van der Waals surface area (Å²) in [6.45, 7) is 1.91. The van der Waals surface area contributed by atoms with E-state index in [1.165, 1.54) is 0 Å². The highest BCUT2D eigenvalue weighted by Gasteiger charge is 2.12. The molecule has 80 valence electrons. The summed E-state index contributed by atoms with van der Waals surface area (Å²) in [5, 5.41) is 8.24. The minimum absolute atomic E-state index is 0.712. The Kier molecular flexibility index (Phi) is 2.07. The van der Waals surface area contributed by atoms with Crippen molar-refractivity contribution in [2.24, 2.45) is 0 Å². The summed E-state index contributed by atoms with van der Waals surface area (Å²) in [5.41, 5.74) is 0.784. The van der Waals surface area contributed by atoms with Crippen molar-refractivity contribution in [2.75, 3.05) is 0 Å². The van der Waals surface area contributed by atoms with Gasteiger partial charge in [-0.05, 0) is 47.1 Å². The first-order valence-corrected chi connectivity index (χ1v) is 5.61. The maximum absolute atomic E-state index is 5.54. The molecule has 0 radical (unpaired) electrons. The van der Waals surface area contributed by atoms with E-state index in [1.807, 2.05) is 41.8 Å². The number of hydrogen-bond acceptors (Lipinski definition) is 3. The normalized spacial score (nSPS) is 11.1. The molecule has 3 aromatic heterocycles. The molecule has 5 heteroatoms. The molecule has 0 aliphatic carbocycles. The molecule has 0 saturated carbocycles. The zero-order chi connectivity index (χ0) is 11.1. The number of furan rings is 1. The second-order valence-corrected chi connectivity index (χ2v) is 4.34. The van der Waals surface area contributed by atoms with E-state index in [0.717, 1.165) is 21.6 Å². The first kappa shape index (κ1) is 9.59. The van der Waals surface area contributed by atoms with Gasteiger partial charge in [0.05, 0.1) is 4.47 Å². The summed E-state index contributed by atoms with van der Waals surface area (Å²) in [6, 6.07) is 7.67. The second kappa shape index (κ2) is 3.45. The van der Waals surface area contributed by atoms with Crippen molar-refractivity contribution in [3.8, 4) is 11.6 Å². The van der Waals surface area contributed by atoms with Gasteiger partial charge >= 0.3 is 0 Å². The van der Waals surface area contributed by atoms with Crippen LogP contribution in [0.25, 0.3) is 17.2 Å². The van der Waals surface area contributed by atoms with Crippen molar-refractivity contribution in [2.45, 2.75) is 6.92 Å². The van der Waals surface area contributed by atoms with Crippen molar-refractivity contribution < 1.29 is 4.42 Å². The van der Waals surface area contributed by atoms with Crippen LogP contribution in [0.4, 0.5) is 0 Å². The van der Waals surface area contributed by atoms with Crippen LogP contribution in [0, 0.1) is 6.92 Å². The Balaban J connectivity index is 2.29. The van der Waals surface area contributed by atoms with Gasteiger partial charge < -0.3 is 4.42 Å². The van der Waals surface area contributed by atoms with E-state index in [4.69, 9.17) is 4.42 Å². The van der Waals surface area contributed by atoms with E-state index in [2.05, 4.69) is 26.1 Å². The van der Waals surface area contributed by atoms with E-state index >= 15 is 0 Å². The van der Waals surface area contributed by atoms with Gasteiger partial charge in [-0.25, -0.2) is 0 Å². The molecule has 3 aromatic rings. The Morgan fingerprint density at radius 2 is 2.12 bits per heavy atom. The maximum Gasteiger partial charge on any atom is 0.204 e. The third kappa shape index (κ3) is 1.36. The van der Waals surface area contributed by atoms with E-state index in [0.29, 0.717) is 5.82 Å². The summed E-state index contributed by atoms with van der Waals surface area (Å²) in [4.78, 5) is 0. The van der Waals surface area contributed by atoms with Crippen LogP contribution in [0.15, 0.2) is 39.4 Å². The van der Waals surface area contributed by atoms with Gasteiger partial charge in [-0.15, -0.1) is 10.2 Å². The lowest BCUT2D eigenvalue weighted by Crippen LogP contribution is -1.87. The van der Waals surface area contributed by atoms with Gasteiger partial charge in [-0.2, -0.15) is 0 Å². The van der Waals surface area contributed by atoms with Gasteiger partial charge in [-0.3, -0.25) is 4.40 Å². The average molecular weight is 278 g/mol. The number of aromatic nitrogens is 3. The SMILES string of the molecule is Cc1ccc(-c2nnc3c(Br)cccn23)o1. The molecule has 0 spiro atoms. The minimum atomic E-state index is 0.712. The van der Waals surface area contributed by atoms with Crippen LogP contribution < -0.4 is 0 Å². The van der Waals surface area contributed by atoms with Gasteiger partial charge in [0.1, 0.15) is 5.76 Å². The topological polar surface area (TPSA) is 43.3 Å². The third-order valence-electron chi connectivity index (χ3n) is 2.35. The monoisotopic (exact) mass is 277 g/mol. The minimum Gasteiger partial charge on any atom is -0.458 e. The molecule has 16 heavy (non-hydrogen) atoms. The number of rotatable bonds is 1. The first-order valence-electron chi connectivity index (χ1n) is 4.82. The summed E-state index contributed by atoms with van der Waals surface area (Å²) in [6.07, 6.45) is 1.91. The summed E-state index contributed by atoms with van der Waals surface area (Å²) in [7, 11) is 0. The molecule has 0 aliphatic heterocycles. The number of halogens is 1. The van der Waals surface area contributed by atoms with Crippen molar-refractivity contribution in [3.63, 3.8) is 0 Å². The van der Waals surface area contributed by atoms with Crippen LogP contribution >= 0.6 is 15.9 Å². The number of aryl methyl sites for hydroxylation is 1. The van der Waals surface area contributed by atoms with Gasteiger partial charge in [-0.1, -0.05) is 0 Å². The number of fused-ring (bicyclic) bond motifs is 1. The lowest BCUT2D eigenvalue weighted by molar-refractivity contribution is 0.543. The second-order valence-electron chi connectivity index (χ2n) is 3.48. The van der Waals surface area contributed by atoms with Gasteiger partial charge in [0, 0.05) is 6.20 Å². The molecule has 0 amide bonds. The average Bonchev–Trinajstić information content (AvgIpc) is 2.84. The maximum atomic E-state index is 5.54. The Morgan fingerprint density at radius 3 is 2.88 bits per heavy atom. The summed E-state index contributed by atoms with van der Waals surface area (Å²) < 4.78 is 8.34. The molecule has 3 rings (SSSR count). The zero-order valence-electron chi connectivity index (χ0n) is 8.51. The smallest absolute Gasteiger partial charge is 0.204 e. The standard InChI is InChI=1S/C11H8BrN3O/c1-7-4-5-9(16-7)11-14-13-10-8(12)3-2-6-15(10)11/h2-6H,1H3. The van der Waals surface area contributed by atoms with Crippen LogP contribution in [-0.2, 0) is 0 Å². The molecular formula is C11H8BrN3O. The van der Waals surface area contributed by atoms with Crippen molar-refractivity contribution in [3.05, 3.63) is 40.7 Å². The molecular weight excluding hydrogens is 270 g/mol. The molecule has 0 unspecified atom stereocenters. The molecule has 0 aliphatic rings. The number of hydrogen-bond donors (Lipinski definition) is 0. The van der Waals surface area contributed by atoms with Gasteiger partial charge in [0.2, 0.25) is 5.82 Å². The molecule has 0 aromatic carbocycles. The summed E-state index contributed by atoms with van der Waals surface area (Å²) >= 11 is 3.43. The fraction of sp³-hybridized carbons (Fsp3) is 0.0909. The van der Waals surface area contributed by atoms with Gasteiger partial charge in [0.25, 0.3) is 0 Å². The Labute approximate surface area is 100 Å². The lowest BCUT2D eigenvalue weighted by Gasteiger charge is -1.96. The quantitative estimate of drug-likeness (QED) is 0.687. The highest BCUT2D eigenvalue weighted by Crippen LogP contribution is 2.23. The largest absolute Gasteiger partial charge is 0.458 e. The van der Waals surface area contributed by atoms with E-state index in [9.17, 15) is 0 Å². The Bertz CT molecular complexity index is 656. The molecule has 0 fully saturated rings. The number of pyridine rings is 1. The lowest BCUT2D eigenvalue weighted by atomic mass is 10.4. The van der Waals surface area contributed by atoms with Crippen molar-refractivity contribution in [1.29, 1.82) is 0 Å². The predicted molar refractivity (Wildman–Crippen MR) is 63.1 cm³/mol. The fourth-order valence-electron chi connectivity index (χ4n) is 1.61. The van der Waals surface area contributed by atoms with Crippen molar-refractivity contribution >= 4 is 21.6 Å². The molecule has 4 nitrogen and oxygen atoms in total. The number of nitrogens with zero attached hydrogens (tertiary/aromatic N) is 3. The van der Waals surface area contributed by atoms with Crippen LogP contribution in [0.3, 0.4) is 0 Å². The van der Waals surface area contributed by atoms with Crippen LogP contribution in [0.2, 0.25) is 0 Å². The molecule has 3 heterocycles. The Morgan fingerprint density at radius 1 is 1.25 bits per heavy atom. The van der Waals surface area contributed by atoms with Crippen LogP contribution in [0.1, 0.15) is 5.76 Å². The van der Waals surface area contributed by atoms with Crippen LogP contribution in [-0.4, -0.2) is 14.6 Å². The third-order valence-corrected chi connectivity index (χ3v) is 2.97. The highest BCUT2D eigenvalue weighted by atomic mass is 79.9. The van der Waals surface area contributed by atoms with E-state index in [1.54, 1.807) is 0 Å². The van der Waals surface area contributed by atoms with E-state index in [-0.39, 0.29) is 0 Å². The fourth-order valence-corrected chi connectivity index (χ4v) is 2.03. The van der Waals surface area contributed by atoms with Crippen LogP contribution in [0.5, 0.6) is 0 Å². The van der Waals surface area contributed by atoms with Crippen molar-refractivity contribution in [1.82, 2.24) is 14.6 Å².